The molecule has 2 aromatic carbocycles. The Labute approximate surface area is 216 Å². The normalized spacial score (nSPS) is 24.9. The molecule has 2 aromatic rings. The van der Waals surface area contributed by atoms with Gasteiger partial charge in [0.15, 0.2) is 11.6 Å². The van der Waals surface area contributed by atoms with Gasteiger partial charge < -0.3 is 0 Å². The third kappa shape index (κ3) is 6.64. The first-order chi connectivity index (χ1) is 17.5. The molecule has 0 N–H and O–H groups in total. The molecule has 2 aliphatic carbocycles. The van der Waals surface area contributed by atoms with Crippen molar-refractivity contribution in [2.75, 3.05) is 0 Å². The Bertz CT molecular complexity index is 1010. The van der Waals surface area contributed by atoms with Crippen LogP contribution in [0, 0.1) is 29.3 Å². The smallest absolute Gasteiger partial charge is 0.166 e. The fourth-order valence-electron chi connectivity index (χ4n) is 6.47. The fourth-order valence-corrected chi connectivity index (χ4v) is 6.47. The largest absolute Gasteiger partial charge is 0.207 e. The summed E-state index contributed by atoms with van der Waals surface area (Å²) >= 11 is 0. The summed E-state index contributed by atoms with van der Waals surface area (Å²) < 4.78 is 44.4. The summed E-state index contributed by atoms with van der Waals surface area (Å²) in [6, 6.07) is 9.38. The molecular formula is C33H43F3. The first-order valence-corrected chi connectivity index (χ1v) is 14.4. The molecule has 4 rings (SSSR count). The lowest BCUT2D eigenvalue weighted by molar-refractivity contribution is 0.303. The molecule has 3 heteroatoms. The number of allylic oxidation sites excluding steroid dienone is 1. The van der Waals surface area contributed by atoms with Crippen molar-refractivity contribution in [1.82, 2.24) is 0 Å². The number of benzene rings is 2. The van der Waals surface area contributed by atoms with E-state index in [0.717, 1.165) is 87.7 Å². The van der Waals surface area contributed by atoms with Crippen molar-refractivity contribution in [3.05, 3.63) is 76.1 Å². The van der Waals surface area contributed by atoms with E-state index in [0.29, 0.717) is 23.0 Å². The highest BCUT2D eigenvalue weighted by Crippen LogP contribution is 2.40. The van der Waals surface area contributed by atoms with E-state index in [-0.39, 0.29) is 11.7 Å². The van der Waals surface area contributed by atoms with E-state index in [2.05, 4.69) is 26.0 Å². The second kappa shape index (κ2) is 13.0. The summed E-state index contributed by atoms with van der Waals surface area (Å²) in [5, 5.41) is 0. The van der Waals surface area contributed by atoms with E-state index in [1.807, 2.05) is 12.1 Å². The molecule has 2 fully saturated rings. The number of halogens is 3. The predicted octanol–water partition coefficient (Wildman–Crippen LogP) is 10.5. The van der Waals surface area contributed by atoms with Crippen LogP contribution < -0.4 is 0 Å². The third-order valence-corrected chi connectivity index (χ3v) is 8.79. The van der Waals surface area contributed by atoms with E-state index in [9.17, 15) is 13.2 Å². The molecule has 0 nitrogen and oxygen atoms in total. The van der Waals surface area contributed by atoms with Crippen LogP contribution in [0.3, 0.4) is 0 Å². The van der Waals surface area contributed by atoms with Crippen molar-refractivity contribution in [3.63, 3.8) is 0 Å². The molecule has 0 bridgehead atoms. The van der Waals surface area contributed by atoms with Gasteiger partial charge in [0.25, 0.3) is 0 Å². The van der Waals surface area contributed by atoms with Crippen LogP contribution in [0.15, 0.2) is 36.4 Å². The monoisotopic (exact) mass is 496 g/mol. The topological polar surface area (TPSA) is 0 Å². The van der Waals surface area contributed by atoms with Crippen molar-refractivity contribution in [1.29, 1.82) is 0 Å². The summed E-state index contributed by atoms with van der Waals surface area (Å²) in [6.07, 6.45) is 17.3. The molecule has 0 radical (unpaired) electrons. The summed E-state index contributed by atoms with van der Waals surface area (Å²) in [6.45, 7) is 4.34. The highest BCUT2D eigenvalue weighted by molar-refractivity contribution is 5.52. The number of hydrogen-bond donors (Lipinski definition) is 0. The van der Waals surface area contributed by atoms with Crippen LogP contribution in [0.25, 0.3) is 6.08 Å². The lowest BCUT2D eigenvalue weighted by atomic mass is 9.77. The van der Waals surface area contributed by atoms with E-state index in [1.54, 1.807) is 18.2 Å². The van der Waals surface area contributed by atoms with Gasteiger partial charge in [-0.1, -0.05) is 69.5 Å². The fraction of sp³-hybridized carbons (Fsp3) is 0.576. The molecule has 0 unspecified atom stereocenters. The number of hydrogen-bond acceptors (Lipinski definition) is 0. The third-order valence-electron chi connectivity index (χ3n) is 8.79. The molecule has 36 heavy (non-hydrogen) atoms. The molecule has 2 aliphatic rings. The average molecular weight is 497 g/mol. The quantitative estimate of drug-likeness (QED) is 0.324. The molecule has 0 amide bonds. The molecule has 0 aromatic heterocycles. The minimum Gasteiger partial charge on any atom is -0.207 e. The maximum atomic E-state index is 15.0. The van der Waals surface area contributed by atoms with Gasteiger partial charge in [-0.25, -0.2) is 13.2 Å². The van der Waals surface area contributed by atoms with Crippen molar-refractivity contribution >= 4 is 6.08 Å². The van der Waals surface area contributed by atoms with E-state index < -0.39 is 11.6 Å². The molecule has 0 saturated heterocycles. The lowest BCUT2D eigenvalue weighted by Gasteiger charge is -2.29. The molecule has 196 valence electrons. The summed E-state index contributed by atoms with van der Waals surface area (Å²) in [4.78, 5) is 0. The average Bonchev–Trinajstić information content (AvgIpc) is 2.90. The Morgan fingerprint density at radius 3 is 2.17 bits per heavy atom. The van der Waals surface area contributed by atoms with Gasteiger partial charge in [-0.15, -0.1) is 0 Å². The van der Waals surface area contributed by atoms with Gasteiger partial charge in [-0.2, -0.15) is 0 Å². The van der Waals surface area contributed by atoms with Gasteiger partial charge in [0.2, 0.25) is 0 Å². The van der Waals surface area contributed by atoms with Crippen LogP contribution in [0.1, 0.15) is 125 Å². The second-order valence-corrected chi connectivity index (χ2v) is 11.3. The zero-order valence-corrected chi connectivity index (χ0v) is 22.2. The highest BCUT2D eigenvalue weighted by atomic mass is 19.2. The first kappa shape index (κ1) is 27.0. The zero-order valence-electron chi connectivity index (χ0n) is 22.2. The van der Waals surface area contributed by atoms with Gasteiger partial charge in [-0.05, 0) is 111 Å². The zero-order chi connectivity index (χ0) is 25.5. The van der Waals surface area contributed by atoms with E-state index in [1.165, 1.54) is 12.8 Å². The number of unbranched alkanes of at least 4 members (excludes halogenated alkanes) is 1. The SMILES string of the molecule is CCCCc1ccc(C2CCC(/C=C/c3ccc(C4CCC(CCC)CC4)c(F)c3F)CC2)cc1F. The molecule has 0 aliphatic heterocycles. The minimum absolute atomic E-state index is 0.0714. The van der Waals surface area contributed by atoms with Crippen molar-refractivity contribution in [2.24, 2.45) is 11.8 Å². The van der Waals surface area contributed by atoms with Gasteiger partial charge >= 0.3 is 0 Å². The minimum atomic E-state index is -0.702. The first-order valence-electron chi connectivity index (χ1n) is 14.4. The van der Waals surface area contributed by atoms with E-state index >= 15 is 0 Å². The molecule has 0 atom stereocenters. The summed E-state index contributed by atoms with van der Waals surface area (Å²) in [7, 11) is 0. The maximum absolute atomic E-state index is 15.0. The maximum Gasteiger partial charge on any atom is 0.166 e. The Hall–Kier alpha value is -2.03. The standard InChI is InChI=1S/C33H43F3/c1-3-5-7-27-18-19-29(22-31(27)34)25-13-8-24(9-14-25)12-17-28-20-21-30(33(36)32(28)35)26-15-10-23(6-4-2)11-16-26/h12,17-26H,3-11,13-16H2,1-2H3/b17-12+. The Morgan fingerprint density at radius 1 is 0.778 bits per heavy atom. The van der Waals surface area contributed by atoms with E-state index in [4.69, 9.17) is 0 Å². The van der Waals surface area contributed by atoms with Crippen molar-refractivity contribution < 1.29 is 13.2 Å². The van der Waals surface area contributed by atoms with Crippen LogP contribution in [-0.4, -0.2) is 0 Å². The van der Waals surface area contributed by atoms with Gasteiger partial charge in [-0.3, -0.25) is 0 Å². The van der Waals surface area contributed by atoms with Gasteiger partial charge in [0.05, 0.1) is 0 Å². The van der Waals surface area contributed by atoms with Crippen LogP contribution in [0.2, 0.25) is 0 Å². The molecule has 0 spiro atoms. The predicted molar refractivity (Wildman–Crippen MR) is 145 cm³/mol. The highest BCUT2D eigenvalue weighted by Gasteiger charge is 2.26. The lowest BCUT2D eigenvalue weighted by Crippen LogP contribution is -2.15. The van der Waals surface area contributed by atoms with Crippen LogP contribution in [0.4, 0.5) is 13.2 Å². The van der Waals surface area contributed by atoms with Gasteiger partial charge in [0, 0.05) is 5.56 Å². The molecular weight excluding hydrogens is 453 g/mol. The summed E-state index contributed by atoms with van der Waals surface area (Å²) in [5.41, 5.74) is 2.83. The molecule has 0 heterocycles. The number of aryl methyl sites for hydroxylation is 1. The molecule has 2 saturated carbocycles. The van der Waals surface area contributed by atoms with Crippen LogP contribution in [-0.2, 0) is 6.42 Å². The Kier molecular flexibility index (Phi) is 9.73. The van der Waals surface area contributed by atoms with Crippen molar-refractivity contribution in [3.8, 4) is 0 Å². The summed E-state index contributed by atoms with van der Waals surface area (Å²) in [5.74, 6) is 0.206. The Morgan fingerprint density at radius 2 is 1.50 bits per heavy atom. The van der Waals surface area contributed by atoms with Crippen LogP contribution in [0.5, 0.6) is 0 Å². The second-order valence-electron chi connectivity index (χ2n) is 11.3. The van der Waals surface area contributed by atoms with Crippen LogP contribution >= 0.6 is 0 Å². The number of rotatable bonds is 9. The van der Waals surface area contributed by atoms with Crippen molar-refractivity contribution in [2.45, 2.75) is 109 Å². The van der Waals surface area contributed by atoms with Gasteiger partial charge in [0.1, 0.15) is 5.82 Å². The Balaban J connectivity index is 1.32.